The Morgan fingerprint density at radius 2 is 1.73 bits per heavy atom. The number of nitrogens with one attached hydrogen (secondary N) is 1. The Balaban J connectivity index is 1.80. The van der Waals surface area contributed by atoms with Gasteiger partial charge in [-0.3, -0.25) is 4.98 Å². The van der Waals surface area contributed by atoms with Gasteiger partial charge in [0.25, 0.3) is 0 Å². The van der Waals surface area contributed by atoms with Crippen LogP contribution in [0.15, 0.2) is 73.1 Å². The Morgan fingerprint density at radius 3 is 2.42 bits per heavy atom. The second-order valence-electron chi connectivity index (χ2n) is 5.75. The Labute approximate surface area is 162 Å². The summed E-state index contributed by atoms with van der Waals surface area (Å²) in [7, 11) is 0. The summed E-state index contributed by atoms with van der Waals surface area (Å²) >= 11 is 12.2. The molecule has 26 heavy (non-hydrogen) atoms. The molecule has 3 aromatic rings. The summed E-state index contributed by atoms with van der Waals surface area (Å²) in [5.74, 6) is 0. The number of nitrogens with zero attached hydrogens (tertiary/aromatic N) is 2. The highest BCUT2D eigenvalue weighted by Crippen LogP contribution is 2.20. The molecule has 0 atom stereocenters. The van der Waals surface area contributed by atoms with Crippen LogP contribution in [0.1, 0.15) is 11.1 Å². The fraction of sp³-hybridized carbons (Fsp3) is 0.100. The Morgan fingerprint density at radius 1 is 0.962 bits per heavy atom. The molecular weight excluding hydrogens is 369 g/mol. The van der Waals surface area contributed by atoms with Gasteiger partial charge in [0.2, 0.25) is 0 Å². The lowest BCUT2D eigenvalue weighted by atomic mass is 10.2. The quantitative estimate of drug-likeness (QED) is 0.618. The summed E-state index contributed by atoms with van der Waals surface area (Å²) in [6.45, 7) is 0.798. The van der Waals surface area contributed by atoms with Crippen molar-refractivity contribution in [1.82, 2.24) is 9.88 Å². The second kappa shape index (κ2) is 8.70. The van der Waals surface area contributed by atoms with Crippen molar-refractivity contribution in [2.45, 2.75) is 13.1 Å². The molecule has 3 rings (SSSR count). The van der Waals surface area contributed by atoms with Crippen LogP contribution in [0.3, 0.4) is 0 Å². The molecule has 6 heteroatoms. The van der Waals surface area contributed by atoms with Gasteiger partial charge in [-0.15, -0.1) is 0 Å². The summed E-state index contributed by atoms with van der Waals surface area (Å²) in [6.07, 6.45) is 3.45. The van der Waals surface area contributed by atoms with E-state index in [2.05, 4.69) is 10.3 Å². The number of pyridine rings is 1. The second-order valence-corrected chi connectivity index (χ2v) is 6.59. The Hall–Kier alpha value is -2.56. The monoisotopic (exact) mass is 385 g/mol. The van der Waals surface area contributed by atoms with Gasteiger partial charge in [-0.05, 0) is 47.5 Å². The van der Waals surface area contributed by atoms with Gasteiger partial charge < -0.3 is 10.2 Å². The van der Waals surface area contributed by atoms with E-state index in [4.69, 9.17) is 23.2 Å². The molecule has 0 spiro atoms. The normalized spacial score (nSPS) is 10.4. The smallest absolute Gasteiger partial charge is 0.316 e. The molecule has 0 aliphatic heterocycles. The SMILES string of the molecule is O=C(Nc1ccc(Cl)cc1)N(Cc1cccnc1)Cc1ccccc1Cl. The maximum atomic E-state index is 12.8. The van der Waals surface area contributed by atoms with Crippen LogP contribution < -0.4 is 5.32 Å². The van der Waals surface area contributed by atoms with Crippen molar-refractivity contribution in [2.24, 2.45) is 0 Å². The molecule has 2 amide bonds. The highest BCUT2D eigenvalue weighted by molar-refractivity contribution is 6.31. The number of carbonyl (C=O) groups excluding carboxylic acids is 1. The predicted molar refractivity (Wildman–Crippen MR) is 105 cm³/mol. The van der Waals surface area contributed by atoms with E-state index >= 15 is 0 Å². The first-order chi connectivity index (χ1) is 12.6. The average molecular weight is 386 g/mol. The van der Waals surface area contributed by atoms with Crippen LogP contribution in [0, 0.1) is 0 Å². The third-order valence-corrected chi connectivity index (χ3v) is 4.42. The van der Waals surface area contributed by atoms with Crippen LogP contribution in [0.4, 0.5) is 10.5 Å². The van der Waals surface area contributed by atoms with Crippen LogP contribution in [0.25, 0.3) is 0 Å². The molecule has 0 saturated carbocycles. The van der Waals surface area contributed by atoms with E-state index in [0.29, 0.717) is 28.8 Å². The van der Waals surface area contributed by atoms with E-state index in [-0.39, 0.29) is 6.03 Å². The minimum Gasteiger partial charge on any atom is -0.316 e. The summed E-state index contributed by atoms with van der Waals surface area (Å²) in [6, 6.07) is 18.0. The van der Waals surface area contributed by atoms with E-state index in [9.17, 15) is 4.79 Å². The lowest BCUT2D eigenvalue weighted by molar-refractivity contribution is 0.206. The molecule has 1 N–H and O–H groups in total. The molecule has 0 fully saturated rings. The van der Waals surface area contributed by atoms with Crippen LogP contribution >= 0.6 is 23.2 Å². The van der Waals surface area contributed by atoms with Crippen molar-refractivity contribution in [1.29, 1.82) is 0 Å². The highest BCUT2D eigenvalue weighted by atomic mass is 35.5. The summed E-state index contributed by atoms with van der Waals surface area (Å²) < 4.78 is 0. The number of halogens is 2. The van der Waals surface area contributed by atoms with Crippen molar-refractivity contribution in [3.05, 3.63) is 94.2 Å². The van der Waals surface area contributed by atoms with Gasteiger partial charge in [-0.1, -0.05) is 47.5 Å². The average Bonchev–Trinajstić information content (AvgIpc) is 2.65. The fourth-order valence-electron chi connectivity index (χ4n) is 2.48. The summed E-state index contributed by atoms with van der Waals surface area (Å²) in [5, 5.41) is 4.14. The van der Waals surface area contributed by atoms with Crippen LogP contribution in [0.2, 0.25) is 10.0 Å². The van der Waals surface area contributed by atoms with Crippen LogP contribution in [-0.4, -0.2) is 15.9 Å². The molecule has 4 nitrogen and oxygen atoms in total. The number of aromatic nitrogens is 1. The van der Waals surface area contributed by atoms with Gasteiger partial charge in [0, 0.05) is 41.2 Å². The van der Waals surface area contributed by atoms with Crippen LogP contribution in [0.5, 0.6) is 0 Å². The molecular formula is C20H17Cl2N3O. The van der Waals surface area contributed by atoms with E-state index < -0.39 is 0 Å². The van der Waals surface area contributed by atoms with E-state index in [1.807, 2.05) is 36.4 Å². The fourth-order valence-corrected chi connectivity index (χ4v) is 2.80. The zero-order chi connectivity index (χ0) is 18.4. The molecule has 2 aromatic carbocycles. The first kappa shape index (κ1) is 18.2. The molecule has 132 valence electrons. The molecule has 1 aromatic heterocycles. The molecule has 0 saturated heterocycles. The lowest BCUT2D eigenvalue weighted by Crippen LogP contribution is -2.34. The molecule has 0 aliphatic rings. The van der Waals surface area contributed by atoms with E-state index in [1.54, 1.807) is 41.6 Å². The predicted octanol–water partition coefficient (Wildman–Crippen LogP) is 5.62. The maximum absolute atomic E-state index is 12.8. The van der Waals surface area contributed by atoms with E-state index in [1.165, 1.54) is 0 Å². The van der Waals surface area contributed by atoms with Crippen LogP contribution in [-0.2, 0) is 13.1 Å². The van der Waals surface area contributed by atoms with Gasteiger partial charge in [-0.25, -0.2) is 4.79 Å². The molecule has 0 unspecified atom stereocenters. The van der Waals surface area contributed by atoms with Gasteiger partial charge >= 0.3 is 6.03 Å². The van der Waals surface area contributed by atoms with Gasteiger partial charge in [0.05, 0.1) is 0 Å². The summed E-state index contributed by atoms with van der Waals surface area (Å²) in [4.78, 5) is 18.6. The number of benzene rings is 2. The number of hydrogen-bond donors (Lipinski definition) is 1. The first-order valence-electron chi connectivity index (χ1n) is 8.05. The number of anilines is 1. The largest absolute Gasteiger partial charge is 0.322 e. The zero-order valence-corrected chi connectivity index (χ0v) is 15.4. The molecule has 0 aliphatic carbocycles. The number of hydrogen-bond acceptors (Lipinski definition) is 2. The lowest BCUT2D eigenvalue weighted by Gasteiger charge is -2.24. The Bertz CT molecular complexity index is 870. The van der Waals surface area contributed by atoms with Gasteiger partial charge in [0.15, 0.2) is 0 Å². The van der Waals surface area contributed by atoms with Crippen molar-refractivity contribution in [2.75, 3.05) is 5.32 Å². The number of amides is 2. The minimum atomic E-state index is -0.226. The first-order valence-corrected chi connectivity index (χ1v) is 8.81. The van der Waals surface area contributed by atoms with Crippen molar-refractivity contribution in [3.8, 4) is 0 Å². The number of urea groups is 1. The van der Waals surface area contributed by atoms with Crippen molar-refractivity contribution in [3.63, 3.8) is 0 Å². The van der Waals surface area contributed by atoms with Crippen molar-refractivity contribution >= 4 is 34.9 Å². The standard InChI is InChI=1S/C20H17Cl2N3O/c21-17-7-9-18(10-8-17)24-20(26)25(13-15-4-3-11-23-12-15)14-16-5-1-2-6-19(16)22/h1-12H,13-14H2,(H,24,26). The van der Waals surface area contributed by atoms with Gasteiger partial charge in [-0.2, -0.15) is 0 Å². The number of rotatable bonds is 5. The zero-order valence-electron chi connectivity index (χ0n) is 13.9. The number of carbonyl (C=O) groups is 1. The van der Waals surface area contributed by atoms with Crippen molar-refractivity contribution < 1.29 is 4.79 Å². The topological polar surface area (TPSA) is 45.2 Å². The molecule has 1 heterocycles. The third kappa shape index (κ3) is 4.97. The van der Waals surface area contributed by atoms with Gasteiger partial charge in [0.1, 0.15) is 0 Å². The van der Waals surface area contributed by atoms with E-state index in [0.717, 1.165) is 11.1 Å². The summed E-state index contributed by atoms with van der Waals surface area (Å²) in [5.41, 5.74) is 2.49. The molecule has 0 radical (unpaired) electrons. The minimum absolute atomic E-state index is 0.226. The maximum Gasteiger partial charge on any atom is 0.322 e. The highest BCUT2D eigenvalue weighted by Gasteiger charge is 2.16. The third-order valence-electron chi connectivity index (χ3n) is 3.80. The molecule has 0 bridgehead atoms. The Kier molecular flexibility index (Phi) is 6.10.